The Bertz CT molecular complexity index is 431. The van der Waals surface area contributed by atoms with Crippen molar-refractivity contribution >= 4 is 36.3 Å². The molecule has 0 saturated carbocycles. The van der Waals surface area contributed by atoms with E-state index in [4.69, 9.17) is 15.9 Å². The molecule has 0 heterocycles. The smallest absolute Gasteiger partial charge is 0.327 e. The van der Waals surface area contributed by atoms with Crippen molar-refractivity contribution in [3.05, 3.63) is 0 Å². The van der Waals surface area contributed by atoms with Crippen molar-refractivity contribution in [1.82, 2.24) is 16.0 Å². The molecule has 3 unspecified atom stereocenters. The third kappa shape index (κ3) is 7.24. The highest BCUT2D eigenvalue weighted by Crippen LogP contribution is 1.91. The number of aliphatic hydroxyl groups is 1. The molecule has 3 amide bonds. The number of aliphatic carboxylic acids is 1. The SMILES string of the molecule is CC(N)C(=O)NCC(=O)NC(CO)C(=O)NC(CS)C(=O)O. The minimum atomic E-state index is -1.35. The third-order valence-electron chi connectivity index (χ3n) is 2.47. The predicted octanol–water partition coefficient (Wildman–Crippen LogP) is -3.57. The van der Waals surface area contributed by atoms with Crippen molar-refractivity contribution < 1.29 is 29.4 Å². The molecule has 0 aliphatic heterocycles. The average Bonchev–Trinajstić information content (AvgIpc) is 2.46. The van der Waals surface area contributed by atoms with Crippen molar-refractivity contribution in [1.29, 1.82) is 0 Å². The molecule has 0 aliphatic rings. The number of nitrogens with two attached hydrogens (primary N) is 1. The van der Waals surface area contributed by atoms with Gasteiger partial charge in [0.25, 0.3) is 0 Å². The van der Waals surface area contributed by atoms with Gasteiger partial charge in [-0.25, -0.2) is 4.79 Å². The maximum absolute atomic E-state index is 11.7. The number of rotatable bonds is 9. The van der Waals surface area contributed by atoms with Crippen LogP contribution in [-0.4, -0.2) is 70.9 Å². The van der Waals surface area contributed by atoms with E-state index in [-0.39, 0.29) is 5.75 Å². The monoisotopic (exact) mass is 336 g/mol. The maximum atomic E-state index is 11.7. The number of thiol groups is 1. The van der Waals surface area contributed by atoms with Gasteiger partial charge in [0.1, 0.15) is 12.1 Å². The van der Waals surface area contributed by atoms with Gasteiger partial charge in [-0.1, -0.05) is 0 Å². The number of aliphatic hydroxyl groups excluding tert-OH is 1. The summed E-state index contributed by atoms with van der Waals surface area (Å²) < 4.78 is 0. The Morgan fingerprint density at radius 3 is 2.14 bits per heavy atom. The molecule has 22 heavy (non-hydrogen) atoms. The third-order valence-corrected chi connectivity index (χ3v) is 2.83. The van der Waals surface area contributed by atoms with Crippen molar-refractivity contribution in [2.75, 3.05) is 18.9 Å². The second kappa shape index (κ2) is 9.97. The summed E-state index contributed by atoms with van der Waals surface area (Å²) in [6.45, 7) is 0.261. The van der Waals surface area contributed by atoms with Crippen LogP contribution in [0.3, 0.4) is 0 Å². The van der Waals surface area contributed by atoms with Crippen molar-refractivity contribution in [3.8, 4) is 0 Å². The van der Waals surface area contributed by atoms with E-state index >= 15 is 0 Å². The first-order chi connectivity index (χ1) is 10.2. The Balaban J connectivity index is 4.46. The largest absolute Gasteiger partial charge is 0.480 e. The van der Waals surface area contributed by atoms with Gasteiger partial charge in [-0.3, -0.25) is 14.4 Å². The molecule has 0 aliphatic carbocycles. The zero-order valence-electron chi connectivity index (χ0n) is 11.9. The molecule has 0 fully saturated rings. The van der Waals surface area contributed by atoms with Crippen LogP contribution in [0.15, 0.2) is 0 Å². The van der Waals surface area contributed by atoms with E-state index in [0.717, 1.165) is 0 Å². The fourth-order valence-corrected chi connectivity index (χ4v) is 1.47. The van der Waals surface area contributed by atoms with Gasteiger partial charge < -0.3 is 31.9 Å². The number of carbonyl (C=O) groups excluding carboxylic acids is 3. The quantitative estimate of drug-likeness (QED) is 0.213. The number of carboxylic acid groups (broad SMARTS) is 1. The Morgan fingerprint density at radius 2 is 1.73 bits per heavy atom. The van der Waals surface area contributed by atoms with Crippen molar-refractivity contribution in [3.63, 3.8) is 0 Å². The molecule has 0 aromatic rings. The Labute approximate surface area is 132 Å². The van der Waals surface area contributed by atoms with Crippen LogP contribution in [0.5, 0.6) is 0 Å². The first kappa shape index (κ1) is 20.1. The molecule has 0 bridgehead atoms. The first-order valence-corrected chi connectivity index (χ1v) is 6.93. The predicted molar refractivity (Wildman–Crippen MR) is 79.1 cm³/mol. The zero-order valence-corrected chi connectivity index (χ0v) is 12.8. The minimum absolute atomic E-state index is 0.155. The van der Waals surface area contributed by atoms with Crippen LogP contribution in [0, 0.1) is 0 Å². The number of amides is 3. The molecule has 0 radical (unpaired) electrons. The van der Waals surface area contributed by atoms with Gasteiger partial charge >= 0.3 is 5.97 Å². The van der Waals surface area contributed by atoms with Crippen LogP contribution in [0.1, 0.15) is 6.92 Å². The Kier molecular flexibility index (Phi) is 9.13. The molecule has 10 nitrogen and oxygen atoms in total. The van der Waals surface area contributed by atoms with Crippen molar-refractivity contribution in [2.45, 2.75) is 25.0 Å². The lowest BCUT2D eigenvalue weighted by atomic mass is 10.2. The normalized spacial score (nSPS) is 14.4. The van der Waals surface area contributed by atoms with Gasteiger partial charge in [0, 0.05) is 5.75 Å². The Hall–Kier alpha value is -1.85. The summed E-state index contributed by atoms with van der Waals surface area (Å²) in [5.41, 5.74) is 5.29. The van der Waals surface area contributed by atoms with Gasteiger partial charge in [0.05, 0.1) is 19.2 Å². The van der Waals surface area contributed by atoms with E-state index in [0.29, 0.717) is 0 Å². The summed E-state index contributed by atoms with van der Waals surface area (Å²) >= 11 is 3.77. The average molecular weight is 336 g/mol. The Morgan fingerprint density at radius 1 is 1.14 bits per heavy atom. The molecular weight excluding hydrogens is 316 g/mol. The minimum Gasteiger partial charge on any atom is -0.480 e. The van der Waals surface area contributed by atoms with E-state index in [1.807, 2.05) is 0 Å². The molecule has 126 valence electrons. The van der Waals surface area contributed by atoms with Crippen LogP contribution in [0.4, 0.5) is 0 Å². The lowest BCUT2D eigenvalue weighted by Crippen LogP contribution is -2.55. The number of hydrogen-bond acceptors (Lipinski definition) is 7. The number of carboxylic acids is 1. The van der Waals surface area contributed by atoms with Gasteiger partial charge in [0.15, 0.2) is 0 Å². The van der Waals surface area contributed by atoms with Gasteiger partial charge in [0.2, 0.25) is 17.7 Å². The molecule has 0 spiro atoms. The second-order valence-corrected chi connectivity index (χ2v) is 4.76. The topological polar surface area (TPSA) is 171 Å². The van der Waals surface area contributed by atoms with Gasteiger partial charge in [-0.05, 0) is 6.92 Å². The molecular formula is C11H20N4O6S. The highest BCUT2D eigenvalue weighted by molar-refractivity contribution is 7.80. The molecule has 0 rings (SSSR count). The van der Waals surface area contributed by atoms with Crippen LogP contribution in [0.2, 0.25) is 0 Å². The fourth-order valence-electron chi connectivity index (χ4n) is 1.23. The molecule has 7 N–H and O–H groups in total. The maximum Gasteiger partial charge on any atom is 0.327 e. The van der Waals surface area contributed by atoms with Gasteiger partial charge in [-0.2, -0.15) is 12.6 Å². The molecule has 3 atom stereocenters. The van der Waals surface area contributed by atoms with E-state index < -0.39 is 55.0 Å². The van der Waals surface area contributed by atoms with Crippen LogP contribution < -0.4 is 21.7 Å². The first-order valence-electron chi connectivity index (χ1n) is 6.30. The van der Waals surface area contributed by atoms with E-state index in [2.05, 4.69) is 28.6 Å². The molecule has 0 saturated heterocycles. The van der Waals surface area contributed by atoms with Crippen LogP contribution >= 0.6 is 12.6 Å². The lowest BCUT2D eigenvalue weighted by molar-refractivity contribution is -0.141. The number of carbonyl (C=O) groups is 4. The molecule has 0 aromatic heterocycles. The standard InChI is InChI=1S/C11H20N4O6S/c1-5(12)9(18)13-2-8(17)14-6(3-16)10(19)15-7(4-22)11(20)21/h5-7,16,22H,2-4,12H2,1H3,(H,13,18)(H,14,17)(H,15,19)(H,20,21). The van der Waals surface area contributed by atoms with Gasteiger partial charge in [-0.15, -0.1) is 0 Å². The van der Waals surface area contributed by atoms with Crippen LogP contribution in [0.25, 0.3) is 0 Å². The summed E-state index contributed by atoms with van der Waals surface area (Å²) in [7, 11) is 0. The highest BCUT2D eigenvalue weighted by atomic mass is 32.1. The number of hydrogen-bond donors (Lipinski definition) is 7. The molecule has 11 heteroatoms. The van der Waals surface area contributed by atoms with E-state index in [1.165, 1.54) is 6.92 Å². The summed E-state index contributed by atoms with van der Waals surface area (Å²) in [4.78, 5) is 45.2. The van der Waals surface area contributed by atoms with E-state index in [9.17, 15) is 19.2 Å². The summed E-state index contributed by atoms with van der Waals surface area (Å²) in [6, 6.07) is -3.39. The summed E-state index contributed by atoms with van der Waals surface area (Å²) in [6.07, 6.45) is 0. The zero-order chi connectivity index (χ0) is 17.3. The second-order valence-electron chi connectivity index (χ2n) is 4.39. The molecule has 0 aromatic carbocycles. The van der Waals surface area contributed by atoms with Crippen molar-refractivity contribution in [2.24, 2.45) is 5.73 Å². The summed E-state index contributed by atoms with van der Waals surface area (Å²) in [5, 5.41) is 24.4. The van der Waals surface area contributed by atoms with E-state index in [1.54, 1.807) is 0 Å². The number of nitrogens with one attached hydrogen (secondary N) is 3. The lowest BCUT2D eigenvalue weighted by Gasteiger charge is -2.19. The highest BCUT2D eigenvalue weighted by Gasteiger charge is 2.25. The summed E-state index contributed by atoms with van der Waals surface area (Å²) in [5.74, 6) is -3.62. The van der Waals surface area contributed by atoms with Crippen LogP contribution in [-0.2, 0) is 19.2 Å². The fraction of sp³-hybridized carbons (Fsp3) is 0.636.